The first-order valence-corrected chi connectivity index (χ1v) is 5.76. The van der Waals surface area contributed by atoms with Crippen LogP contribution in [0.15, 0.2) is 4.90 Å². The van der Waals surface area contributed by atoms with Crippen molar-refractivity contribution < 1.29 is 26.0 Å². The van der Waals surface area contributed by atoms with Crippen molar-refractivity contribution in [2.45, 2.75) is 11.8 Å². The summed E-state index contributed by atoms with van der Waals surface area (Å²) in [5.41, 5.74) is -0.950. The van der Waals surface area contributed by atoms with Gasteiger partial charge in [-0.2, -0.15) is 0 Å². The molecule has 0 aliphatic rings. The number of benzene rings is 1. The van der Waals surface area contributed by atoms with Gasteiger partial charge in [-0.1, -0.05) is 0 Å². The highest BCUT2D eigenvalue weighted by Crippen LogP contribution is 2.28. The van der Waals surface area contributed by atoms with Crippen LogP contribution < -0.4 is 0 Å². The van der Waals surface area contributed by atoms with Crippen LogP contribution in [0.3, 0.4) is 0 Å². The van der Waals surface area contributed by atoms with Gasteiger partial charge in [-0.3, -0.25) is 0 Å². The van der Waals surface area contributed by atoms with E-state index in [0.29, 0.717) is 0 Å². The number of rotatable bonds is 1. The number of halogens is 5. The van der Waals surface area contributed by atoms with Crippen LogP contribution in [0.1, 0.15) is 5.56 Å². The molecule has 2 nitrogen and oxygen atoms in total. The first kappa shape index (κ1) is 12.3. The molecular formula is C7H3ClF4O2S. The summed E-state index contributed by atoms with van der Waals surface area (Å²) in [5, 5.41) is 0. The molecule has 0 atom stereocenters. The van der Waals surface area contributed by atoms with Crippen LogP contribution in [0.4, 0.5) is 17.6 Å². The molecule has 1 aromatic carbocycles. The van der Waals surface area contributed by atoms with Crippen LogP contribution in [0.5, 0.6) is 0 Å². The van der Waals surface area contributed by atoms with Crippen LogP contribution >= 0.6 is 10.7 Å². The van der Waals surface area contributed by atoms with Gasteiger partial charge in [0.25, 0.3) is 9.05 Å². The van der Waals surface area contributed by atoms with Crippen LogP contribution in [-0.4, -0.2) is 8.42 Å². The van der Waals surface area contributed by atoms with E-state index in [0.717, 1.165) is 6.92 Å². The summed E-state index contributed by atoms with van der Waals surface area (Å²) < 4.78 is 72.9. The normalized spacial score (nSPS) is 11.9. The van der Waals surface area contributed by atoms with E-state index >= 15 is 0 Å². The molecule has 0 aromatic heterocycles. The van der Waals surface area contributed by atoms with Gasteiger partial charge in [-0.05, 0) is 6.92 Å². The average Bonchev–Trinajstić information content (AvgIpc) is 2.09. The third-order valence-electron chi connectivity index (χ3n) is 1.69. The van der Waals surface area contributed by atoms with Crippen LogP contribution in [0.2, 0.25) is 0 Å². The molecule has 8 heteroatoms. The van der Waals surface area contributed by atoms with E-state index in [1.807, 2.05) is 0 Å². The Morgan fingerprint density at radius 1 is 0.933 bits per heavy atom. The van der Waals surface area contributed by atoms with Gasteiger partial charge in [0.15, 0.2) is 28.2 Å². The van der Waals surface area contributed by atoms with Gasteiger partial charge in [0, 0.05) is 16.2 Å². The van der Waals surface area contributed by atoms with Gasteiger partial charge in [-0.25, -0.2) is 26.0 Å². The second-order valence-electron chi connectivity index (χ2n) is 2.65. The van der Waals surface area contributed by atoms with Crippen molar-refractivity contribution in [1.29, 1.82) is 0 Å². The van der Waals surface area contributed by atoms with Gasteiger partial charge < -0.3 is 0 Å². The predicted molar refractivity (Wildman–Crippen MR) is 44.0 cm³/mol. The fraction of sp³-hybridized carbons (Fsp3) is 0.143. The molecule has 0 amide bonds. The third kappa shape index (κ3) is 1.93. The Balaban J connectivity index is 3.84. The molecule has 1 aromatic rings. The highest BCUT2D eigenvalue weighted by atomic mass is 35.7. The van der Waals surface area contributed by atoms with Crippen LogP contribution in [0.25, 0.3) is 0 Å². The van der Waals surface area contributed by atoms with Gasteiger partial charge in [0.1, 0.15) is 0 Å². The SMILES string of the molecule is Cc1c(F)c(F)c(S(=O)(=O)Cl)c(F)c1F. The lowest BCUT2D eigenvalue weighted by atomic mass is 10.2. The molecule has 0 saturated heterocycles. The predicted octanol–water partition coefficient (Wildman–Crippen LogP) is 2.48. The Morgan fingerprint density at radius 3 is 1.53 bits per heavy atom. The Kier molecular flexibility index (Phi) is 2.97. The summed E-state index contributed by atoms with van der Waals surface area (Å²) in [6, 6.07) is 0. The van der Waals surface area contributed by atoms with Gasteiger partial charge in [0.2, 0.25) is 0 Å². The molecule has 0 fully saturated rings. The molecule has 0 aliphatic heterocycles. The van der Waals surface area contributed by atoms with Crippen molar-refractivity contribution in [3.05, 3.63) is 28.8 Å². The van der Waals surface area contributed by atoms with Crippen LogP contribution in [0, 0.1) is 30.2 Å². The summed E-state index contributed by atoms with van der Waals surface area (Å²) in [6.07, 6.45) is 0. The largest absolute Gasteiger partial charge is 0.267 e. The monoisotopic (exact) mass is 262 g/mol. The molecule has 0 bridgehead atoms. The first-order valence-electron chi connectivity index (χ1n) is 3.45. The summed E-state index contributed by atoms with van der Waals surface area (Å²) in [6.45, 7) is 0.765. The maximum absolute atomic E-state index is 13.0. The number of hydrogen-bond donors (Lipinski definition) is 0. The molecule has 0 heterocycles. The van der Waals surface area contributed by atoms with Gasteiger partial charge >= 0.3 is 0 Å². The van der Waals surface area contributed by atoms with E-state index in [4.69, 9.17) is 0 Å². The molecule has 15 heavy (non-hydrogen) atoms. The van der Waals surface area contributed by atoms with Crippen molar-refractivity contribution >= 4 is 19.7 Å². The van der Waals surface area contributed by atoms with E-state index in [9.17, 15) is 26.0 Å². The second-order valence-corrected chi connectivity index (χ2v) is 5.15. The van der Waals surface area contributed by atoms with E-state index in [-0.39, 0.29) is 0 Å². The number of hydrogen-bond acceptors (Lipinski definition) is 2. The Hall–Kier alpha value is -0.820. The highest BCUT2D eigenvalue weighted by Gasteiger charge is 2.30. The smallest absolute Gasteiger partial charge is 0.207 e. The maximum Gasteiger partial charge on any atom is 0.267 e. The standard InChI is InChI=1S/C7H3ClF4O2S/c1-2-3(9)5(11)7(15(8,13)14)6(12)4(2)10/h1H3. The molecule has 1 rings (SSSR count). The Labute approximate surface area is 86.9 Å². The molecule has 0 aliphatic carbocycles. The van der Waals surface area contributed by atoms with Crippen molar-refractivity contribution in [2.24, 2.45) is 0 Å². The average molecular weight is 263 g/mol. The van der Waals surface area contributed by atoms with Crippen LogP contribution in [-0.2, 0) is 9.05 Å². The fourth-order valence-electron chi connectivity index (χ4n) is 0.935. The molecule has 0 N–H and O–H groups in total. The topological polar surface area (TPSA) is 34.1 Å². The molecule has 0 radical (unpaired) electrons. The lowest BCUT2D eigenvalue weighted by Crippen LogP contribution is -2.08. The van der Waals surface area contributed by atoms with Crippen molar-refractivity contribution in [1.82, 2.24) is 0 Å². The molecule has 84 valence electrons. The Bertz CT molecular complexity index is 497. The van der Waals surface area contributed by atoms with Crippen molar-refractivity contribution in [3.8, 4) is 0 Å². The fourth-order valence-corrected chi connectivity index (χ4v) is 1.95. The quantitative estimate of drug-likeness (QED) is 0.443. The minimum atomic E-state index is -4.88. The molecular weight excluding hydrogens is 260 g/mol. The molecule has 0 saturated carbocycles. The molecule has 0 unspecified atom stereocenters. The molecule has 0 spiro atoms. The highest BCUT2D eigenvalue weighted by molar-refractivity contribution is 8.13. The van der Waals surface area contributed by atoms with Crippen molar-refractivity contribution in [3.63, 3.8) is 0 Å². The maximum atomic E-state index is 13.0. The van der Waals surface area contributed by atoms with E-state index in [2.05, 4.69) is 10.7 Å². The summed E-state index contributed by atoms with van der Waals surface area (Å²) >= 11 is 0. The van der Waals surface area contributed by atoms with E-state index < -0.39 is 42.8 Å². The summed E-state index contributed by atoms with van der Waals surface area (Å²) in [4.78, 5) is -1.82. The Morgan fingerprint density at radius 2 is 1.27 bits per heavy atom. The lowest BCUT2D eigenvalue weighted by molar-refractivity contribution is 0.413. The first-order chi connectivity index (χ1) is 6.68. The minimum absolute atomic E-state index is 0.765. The minimum Gasteiger partial charge on any atom is -0.207 e. The summed E-state index contributed by atoms with van der Waals surface area (Å²) in [7, 11) is -0.259. The van der Waals surface area contributed by atoms with E-state index in [1.165, 1.54) is 0 Å². The van der Waals surface area contributed by atoms with Crippen molar-refractivity contribution in [2.75, 3.05) is 0 Å². The van der Waals surface area contributed by atoms with Gasteiger partial charge in [0.05, 0.1) is 0 Å². The zero-order valence-electron chi connectivity index (χ0n) is 7.11. The zero-order chi connectivity index (χ0) is 12.0. The lowest BCUT2D eigenvalue weighted by Gasteiger charge is -2.06. The second kappa shape index (κ2) is 3.64. The third-order valence-corrected chi connectivity index (χ3v) is 3.00. The summed E-state index contributed by atoms with van der Waals surface area (Å²) in [5.74, 6) is -7.62. The van der Waals surface area contributed by atoms with E-state index in [1.54, 1.807) is 0 Å². The van der Waals surface area contributed by atoms with Gasteiger partial charge in [-0.15, -0.1) is 0 Å². The zero-order valence-corrected chi connectivity index (χ0v) is 8.69.